The first kappa shape index (κ1) is 15.9. The van der Waals surface area contributed by atoms with Crippen LogP contribution < -0.4 is 5.32 Å². The predicted octanol–water partition coefficient (Wildman–Crippen LogP) is 4.44. The summed E-state index contributed by atoms with van der Waals surface area (Å²) in [5.74, 6) is 0. The van der Waals surface area contributed by atoms with Gasteiger partial charge in [0.15, 0.2) is 0 Å². The summed E-state index contributed by atoms with van der Waals surface area (Å²) in [7, 11) is 1.75. The number of nitrogens with one attached hydrogen (secondary N) is 1. The van der Waals surface area contributed by atoms with Gasteiger partial charge in [-0.1, -0.05) is 57.9 Å². The van der Waals surface area contributed by atoms with Crippen LogP contribution in [0.2, 0.25) is 5.02 Å². The van der Waals surface area contributed by atoms with Crippen molar-refractivity contribution in [2.75, 3.05) is 7.05 Å². The average molecular weight is 368 g/mol. The minimum atomic E-state index is -0.130. The summed E-state index contributed by atoms with van der Waals surface area (Å²) in [4.78, 5) is 13.7. The Balaban J connectivity index is 1.90. The number of hydrogen-bond donors (Lipinski definition) is 1. The first-order chi connectivity index (χ1) is 10.1. The lowest BCUT2D eigenvalue weighted by atomic mass is 10.2. The van der Waals surface area contributed by atoms with E-state index in [1.54, 1.807) is 11.9 Å². The van der Waals surface area contributed by atoms with E-state index >= 15 is 0 Å². The number of urea groups is 1. The van der Waals surface area contributed by atoms with Crippen LogP contribution in [0.5, 0.6) is 0 Å². The monoisotopic (exact) mass is 366 g/mol. The van der Waals surface area contributed by atoms with Crippen molar-refractivity contribution in [1.29, 1.82) is 0 Å². The molecular weight excluding hydrogens is 352 g/mol. The molecule has 21 heavy (non-hydrogen) atoms. The van der Waals surface area contributed by atoms with E-state index in [0.717, 1.165) is 15.6 Å². The standard InChI is InChI=1S/C16H16BrClN2O/c1-20(11-13-6-2-3-8-15(13)18)16(21)19-10-12-5-4-7-14(17)9-12/h2-9H,10-11H2,1H3,(H,19,21). The van der Waals surface area contributed by atoms with Gasteiger partial charge in [0.1, 0.15) is 0 Å². The SMILES string of the molecule is CN(Cc1ccccc1Cl)C(=O)NCc1cccc(Br)c1. The van der Waals surface area contributed by atoms with Crippen LogP contribution in [0.4, 0.5) is 4.79 Å². The molecule has 0 radical (unpaired) electrons. The predicted molar refractivity (Wildman–Crippen MR) is 89.3 cm³/mol. The number of hydrogen-bond acceptors (Lipinski definition) is 1. The number of carbonyl (C=O) groups excluding carboxylic acids is 1. The lowest BCUT2D eigenvalue weighted by Crippen LogP contribution is -2.36. The molecule has 0 aromatic heterocycles. The zero-order valence-electron chi connectivity index (χ0n) is 11.6. The molecule has 2 amide bonds. The Morgan fingerprint density at radius 1 is 1.24 bits per heavy atom. The zero-order valence-corrected chi connectivity index (χ0v) is 14.0. The van der Waals surface area contributed by atoms with Gasteiger partial charge >= 0.3 is 6.03 Å². The normalized spacial score (nSPS) is 10.2. The van der Waals surface area contributed by atoms with E-state index in [9.17, 15) is 4.79 Å². The highest BCUT2D eigenvalue weighted by Gasteiger charge is 2.10. The summed E-state index contributed by atoms with van der Waals surface area (Å²) in [6.45, 7) is 0.967. The molecule has 0 aliphatic carbocycles. The molecule has 0 unspecified atom stereocenters. The lowest BCUT2D eigenvalue weighted by molar-refractivity contribution is 0.206. The maximum atomic E-state index is 12.1. The molecule has 2 rings (SSSR count). The first-order valence-electron chi connectivity index (χ1n) is 6.53. The van der Waals surface area contributed by atoms with Gasteiger partial charge in [-0.05, 0) is 29.3 Å². The maximum Gasteiger partial charge on any atom is 0.317 e. The van der Waals surface area contributed by atoms with Crippen LogP contribution in [0.25, 0.3) is 0 Å². The molecule has 110 valence electrons. The Labute approximate surface area is 138 Å². The number of rotatable bonds is 4. The van der Waals surface area contributed by atoms with Crippen LogP contribution in [0.3, 0.4) is 0 Å². The van der Waals surface area contributed by atoms with E-state index < -0.39 is 0 Å². The highest BCUT2D eigenvalue weighted by atomic mass is 79.9. The van der Waals surface area contributed by atoms with Crippen LogP contribution >= 0.6 is 27.5 Å². The van der Waals surface area contributed by atoms with Crippen LogP contribution in [-0.2, 0) is 13.1 Å². The summed E-state index contributed by atoms with van der Waals surface area (Å²) in [6, 6.07) is 15.2. The van der Waals surface area contributed by atoms with Crippen LogP contribution in [0, 0.1) is 0 Å². The van der Waals surface area contributed by atoms with Crippen molar-refractivity contribution < 1.29 is 4.79 Å². The van der Waals surface area contributed by atoms with E-state index in [4.69, 9.17) is 11.6 Å². The fourth-order valence-corrected chi connectivity index (χ4v) is 2.56. The van der Waals surface area contributed by atoms with Gasteiger partial charge in [0.05, 0.1) is 0 Å². The van der Waals surface area contributed by atoms with Crippen LogP contribution in [0.1, 0.15) is 11.1 Å². The number of carbonyl (C=O) groups is 1. The van der Waals surface area contributed by atoms with Gasteiger partial charge in [-0.3, -0.25) is 0 Å². The summed E-state index contributed by atoms with van der Waals surface area (Å²) in [5, 5.41) is 3.56. The molecule has 0 saturated heterocycles. The van der Waals surface area contributed by atoms with Crippen molar-refractivity contribution in [1.82, 2.24) is 10.2 Å². The molecule has 0 spiro atoms. The molecule has 0 heterocycles. The van der Waals surface area contributed by atoms with Crippen molar-refractivity contribution in [3.05, 3.63) is 69.2 Å². The molecule has 1 N–H and O–H groups in total. The summed E-state index contributed by atoms with van der Waals surface area (Å²) in [6.07, 6.45) is 0. The Hall–Kier alpha value is -1.52. The van der Waals surface area contributed by atoms with E-state index in [1.165, 1.54) is 0 Å². The second kappa shape index (κ2) is 7.48. The summed E-state index contributed by atoms with van der Waals surface area (Å²) >= 11 is 9.51. The highest BCUT2D eigenvalue weighted by Crippen LogP contribution is 2.16. The third kappa shape index (κ3) is 4.76. The zero-order chi connectivity index (χ0) is 15.2. The van der Waals surface area contributed by atoms with E-state index in [0.29, 0.717) is 18.1 Å². The number of amides is 2. The number of benzene rings is 2. The van der Waals surface area contributed by atoms with E-state index in [2.05, 4.69) is 21.2 Å². The molecule has 0 atom stereocenters. The third-order valence-electron chi connectivity index (χ3n) is 3.04. The Morgan fingerprint density at radius 3 is 2.71 bits per heavy atom. The van der Waals surface area contributed by atoms with Crippen molar-refractivity contribution in [3.8, 4) is 0 Å². The van der Waals surface area contributed by atoms with Gasteiger partial charge in [-0.2, -0.15) is 0 Å². The Morgan fingerprint density at radius 2 is 2.00 bits per heavy atom. The second-order valence-electron chi connectivity index (χ2n) is 4.74. The van der Waals surface area contributed by atoms with Crippen LogP contribution in [0.15, 0.2) is 53.0 Å². The maximum absolute atomic E-state index is 12.1. The van der Waals surface area contributed by atoms with Gasteiger partial charge in [0.25, 0.3) is 0 Å². The summed E-state index contributed by atoms with van der Waals surface area (Å²) < 4.78 is 0.999. The molecule has 0 aliphatic heterocycles. The average Bonchev–Trinajstić information content (AvgIpc) is 2.47. The second-order valence-corrected chi connectivity index (χ2v) is 6.06. The molecule has 5 heteroatoms. The fourth-order valence-electron chi connectivity index (χ4n) is 1.91. The third-order valence-corrected chi connectivity index (χ3v) is 3.91. The molecule has 0 bridgehead atoms. The van der Waals surface area contributed by atoms with Gasteiger partial charge < -0.3 is 10.2 Å². The van der Waals surface area contributed by atoms with Crippen molar-refractivity contribution in [2.45, 2.75) is 13.1 Å². The molecule has 0 saturated carbocycles. The van der Waals surface area contributed by atoms with E-state index in [1.807, 2.05) is 48.5 Å². The first-order valence-corrected chi connectivity index (χ1v) is 7.70. The smallest absolute Gasteiger partial charge is 0.317 e. The summed E-state index contributed by atoms with van der Waals surface area (Å²) in [5.41, 5.74) is 1.98. The highest BCUT2D eigenvalue weighted by molar-refractivity contribution is 9.10. The Bertz CT molecular complexity index is 633. The lowest BCUT2D eigenvalue weighted by Gasteiger charge is -2.18. The van der Waals surface area contributed by atoms with Gasteiger partial charge in [0, 0.05) is 29.6 Å². The quantitative estimate of drug-likeness (QED) is 0.851. The van der Waals surface area contributed by atoms with Crippen molar-refractivity contribution in [2.24, 2.45) is 0 Å². The van der Waals surface area contributed by atoms with Gasteiger partial charge in [-0.25, -0.2) is 4.79 Å². The fraction of sp³-hybridized carbons (Fsp3) is 0.188. The largest absolute Gasteiger partial charge is 0.334 e. The van der Waals surface area contributed by atoms with Crippen LogP contribution in [-0.4, -0.2) is 18.0 Å². The molecule has 2 aromatic carbocycles. The van der Waals surface area contributed by atoms with Gasteiger partial charge in [0.2, 0.25) is 0 Å². The molecule has 0 fully saturated rings. The topological polar surface area (TPSA) is 32.3 Å². The van der Waals surface area contributed by atoms with Gasteiger partial charge in [-0.15, -0.1) is 0 Å². The van der Waals surface area contributed by atoms with Crippen molar-refractivity contribution >= 4 is 33.6 Å². The molecule has 0 aliphatic rings. The van der Waals surface area contributed by atoms with Crippen molar-refractivity contribution in [3.63, 3.8) is 0 Å². The minimum absolute atomic E-state index is 0.130. The molecule has 3 nitrogen and oxygen atoms in total. The minimum Gasteiger partial charge on any atom is -0.334 e. The number of halogens is 2. The Kier molecular flexibility index (Phi) is 5.65. The van der Waals surface area contributed by atoms with E-state index in [-0.39, 0.29) is 6.03 Å². The molecule has 2 aromatic rings. The number of nitrogens with zero attached hydrogens (tertiary/aromatic N) is 1. The molecular formula is C16H16BrClN2O.